The summed E-state index contributed by atoms with van der Waals surface area (Å²) in [7, 11) is -3.04. The normalized spacial score (nSPS) is 18.8. The van der Waals surface area contributed by atoms with E-state index in [1.54, 1.807) is 23.4 Å². The molecule has 0 aromatic carbocycles. The lowest BCUT2D eigenvalue weighted by Gasteiger charge is -2.27. The minimum absolute atomic E-state index is 0.0381. The van der Waals surface area contributed by atoms with Crippen molar-refractivity contribution in [3.05, 3.63) is 48.2 Å². The fourth-order valence-corrected chi connectivity index (χ4v) is 4.74. The SMILES string of the molecule is CCN(C(=O)c1cncc(NCc2ccco2)c1)C1CCS(=O)(=O)C1. The van der Waals surface area contributed by atoms with Crippen molar-refractivity contribution in [3.63, 3.8) is 0 Å². The Balaban J connectivity index is 1.71. The van der Waals surface area contributed by atoms with Gasteiger partial charge in [0, 0.05) is 25.0 Å². The van der Waals surface area contributed by atoms with Crippen molar-refractivity contribution in [2.24, 2.45) is 0 Å². The van der Waals surface area contributed by atoms with Crippen LogP contribution in [0.5, 0.6) is 0 Å². The van der Waals surface area contributed by atoms with Crippen LogP contribution in [-0.2, 0) is 16.4 Å². The Morgan fingerprint density at radius 1 is 1.44 bits per heavy atom. The molecule has 1 unspecified atom stereocenters. The molecular weight excluding hydrogens is 342 g/mol. The van der Waals surface area contributed by atoms with Gasteiger partial charge in [0.2, 0.25) is 0 Å². The summed E-state index contributed by atoms with van der Waals surface area (Å²) in [5.41, 5.74) is 1.15. The number of nitrogens with zero attached hydrogens (tertiary/aromatic N) is 2. The minimum Gasteiger partial charge on any atom is -0.467 e. The van der Waals surface area contributed by atoms with Crippen molar-refractivity contribution in [3.8, 4) is 0 Å². The zero-order chi connectivity index (χ0) is 17.9. The largest absolute Gasteiger partial charge is 0.467 e. The second kappa shape index (κ2) is 7.26. The maximum atomic E-state index is 12.8. The number of hydrogen-bond donors (Lipinski definition) is 1. The summed E-state index contributed by atoms with van der Waals surface area (Å²) < 4.78 is 28.7. The third kappa shape index (κ3) is 4.19. The number of carbonyl (C=O) groups excluding carboxylic acids is 1. The molecular formula is C17H21N3O4S. The molecule has 1 saturated heterocycles. The number of carbonyl (C=O) groups is 1. The summed E-state index contributed by atoms with van der Waals surface area (Å²) in [5.74, 6) is 0.766. The molecule has 0 bridgehead atoms. The second-order valence-corrected chi connectivity index (χ2v) is 8.27. The Morgan fingerprint density at radius 2 is 2.28 bits per heavy atom. The zero-order valence-electron chi connectivity index (χ0n) is 14.0. The van der Waals surface area contributed by atoms with Crippen LogP contribution in [0.4, 0.5) is 5.69 Å². The summed E-state index contributed by atoms with van der Waals surface area (Å²) in [6, 6.07) is 5.13. The summed E-state index contributed by atoms with van der Waals surface area (Å²) in [4.78, 5) is 18.5. The molecule has 8 heteroatoms. The number of rotatable bonds is 6. The van der Waals surface area contributed by atoms with Crippen molar-refractivity contribution in [1.29, 1.82) is 0 Å². The van der Waals surface area contributed by atoms with Gasteiger partial charge in [0.15, 0.2) is 9.84 Å². The number of sulfone groups is 1. The van der Waals surface area contributed by atoms with E-state index < -0.39 is 9.84 Å². The Labute approximate surface area is 147 Å². The maximum absolute atomic E-state index is 12.8. The van der Waals surface area contributed by atoms with Crippen LogP contribution in [0.1, 0.15) is 29.5 Å². The molecule has 7 nitrogen and oxygen atoms in total. The van der Waals surface area contributed by atoms with E-state index in [2.05, 4.69) is 10.3 Å². The number of amides is 1. The summed E-state index contributed by atoms with van der Waals surface area (Å²) >= 11 is 0. The van der Waals surface area contributed by atoms with Crippen LogP contribution in [0, 0.1) is 0 Å². The molecule has 2 aromatic rings. The van der Waals surface area contributed by atoms with Crippen LogP contribution in [0.25, 0.3) is 0 Å². The lowest BCUT2D eigenvalue weighted by atomic mass is 10.1. The van der Waals surface area contributed by atoms with Gasteiger partial charge >= 0.3 is 0 Å². The van der Waals surface area contributed by atoms with Crippen molar-refractivity contribution in [2.45, 2.75) is 25.9 Å². The molecule has 2 aromatic heterocycles. The molecule has 25 heavy (non-hydrogen) atoms. The summed E-state index contributed by atoms with van der Waals surface area (Å²) in [5, 5.41) is 3.16. The predicted octanol–water partition coefficient (Wildman–Crippen LogP) is 1.94. The van der Waals surface area contributed by atoms with Gasteiger partial charge in [-0.25, -0.2) is 8.42 Å². The van der Waals surface area contributed by atoms with E-state index in [1.807, 2.05) is 19.1 Å². The van der Waals surface area contributed by atoms with Gasteiger partial charge in [0.25, 0.3) is 5.91 Å². The van der Waals surface area contributed by atoms with Crippen molar-refractivity contribution in [2.75, 3.05) is 23.4 Å². The third-order valence-corrected chi connectivity index (χ3v) is 6.03. The molecule has 0 aliphatic carbocycles. The first-order valence-electron chi connectivity index (χ1n) is 8.21. The van der Waals surface area contributed by atoms with Gasteiger partial charge in [0.05, 0.1) is 35.6 Å². The van der Waals surface area contributed by atoms with Crippen LogP contribution in [-0.4, -0.2) is 48.3 Å². The summed E-state index contributed by atoms with van der Waals surface area (Å²) in [6.07, 6.45) is 5.23. The number of nitrogens with one attached hydrogen (secondary N) is 1. The van der Waals surface area contributed by atoms with Crippen LogP contribution >= 0.6 is 0 Å². The molecule has 3 heterocycles. The molecule has 1 aliphatic rings. The first-order chi connectivity index (χ1) is 12.0. The van der Waals surface area contributed by atoms with Crippen LogP contribution in [0.3, 0.4) is 0 Å². The highest BCUT2D eigenvalue weighted by atomic mass is 32.2. The van der Waals surface area contributed by atoms with E-state index >= 15 is 0 Å². The van der Waals surface area contributed by atoms with Gasteiger partial charge in [-0.2, -0.15) is 0 Å². The molecule has 1 fully saturated rings. The molecule has 1 aliphatic heterocycles. The first-order valence-corrected chi connectivity index (χ1v) is 10.0. The molecule has 1 amide bonds. The Hall–Kier alpha value is -2.35. The molecule has 134 valence electrons. The molecule has 0 radical (unpaired) electrons. The van der Waals surface area contributed by atoms with E-state index in [9.17, 15) is 13.2 Å². The quantitative estimate of drug-likeness (QED) is 0.843. The highest BCUT2D eigenvalue weighted by molar-refractivity contribution is 7.91. The van der Waals surface area contributed by atoms with Gasteiger partial charge < -0.3 is 14.6 Å². The average molecular weight is 363 g/mol. The Bertz CT molecular complexity index is 833. The van der Waals surface area contributed by atoms with Gasteiger partial charge in [-0.15, -0.1) is 0 Å². The van der Waals surface area contributed by atoms with Crippen LogP contribution in [0.2, 0.25) is 0 Å². The second-order valence-electron chi connectivity index (χ2n) is 6.04. The fraction of sp³-hybridized carbons (Fsp3) is 0.412. The van der Waals surface area contributed by atoms with E-state index in [0.717, 1.165) is 5.76 Å². The Kier molecular flexibility index (Phi) is 5.08. The lowest BCUT2D eigenvalue weighted by molar-refractivity contribution is 0.0708. The molecule has 0 saturated carbocycles. The third-order valence-electron chi connectivity index (χ3n) is 4.28. The molecule has 1 N–H and O–H groups in total. The van der Waals surface area contributed by atoms with E-state index in [-0.39, 0.29) is 23.5 Å². The molecule has 0 spiro atoms. The zero-order valence-corrected chi connectivity index (χ0v) is 14.8. The van der Waals surface area contributed by atoms with Gasteiger partial charge in [-0.05, 0) is 31.5 Å². The highest BCUT2D eigenvalue weighted by Gasteiger charge is 2.34. The number of furan rings is 1. The number of hydrogen-bond acceptors (Lipinski definition) is 6. The average Bonchev–Trinajstić information content (AvgIpc) is 3.23. The maximum Gasteiger partial charge on any atom is 0.255 e. The molecule has 3 rings (SSSR count). The highest BCUT2D eigenvalue weighted by Crippen LogP contribution is 2.20. The number of aromatic nitrogens is 1. The van der Waals surface area contributed by atoms with E-state index in [4.69, 9.17) is 4.42 Å². The monoisotopic (exact) mass is 363 g/mol. The van der Waals surface area contributed by atoms with Crippen LogP contribution < -0.4 is 5.32 Å². The van der Waals surface area contributed by atoms with E-state index in [1.165, 1.54) is 6.20 Å². The van der Waals surface area contributed by atoms with Crippen molar-refractivity contribution >= 4 is 21.4 Å². The first kappa shape index (κ1) is 17.5. The van der Waals surface area contributed by atoms with Gasteiger partial charge in [0.1, 0.15) is 5.76 Å². The van der Waals surface area contributed by atoms with Crippen LogP contribution in [0.15, 0.2) is 41.3 Å². The van der Waals surface area contributed by atoms with E-state index in [0.29, 0.717) is 30.8 Å². The standard InChI is InChI=1S/C17H21N3O4S/c1-2-20(15-5-7-25(22,23)12-15)17(21)13-8-14(10-18-9-13)19-11-16-4-3-6-24-16/h3-4,6,8-10,15,19H,2,5,7,11-12H2,1H3. The summed E-state index contributed by atoms with van der Waals surface area (Å²) in [6.45, 7) is 2.81. The van der Waals surface area contributed by atoms with Gasteiger partial charge in [-0.1, -0.05) is 0 Å². The van der Waals surface area contributed by atoms with Gasteiger partial charge in [-0.3, -0.25) is 9.78 Å². The lowest BCUT2D eigenvalue weighted by Crippen LogP contribution is -2.41. The smallest absolute Gasteiger partial charge is 0.255 e. The number of pyridine rings is 1. The van der Waals surface area contributed by atoms with Crippen molar-refractivity contribution in [1.82, 2.24) is 9.88 Å². The fourth-order valence-electron chi connectivity index (χ4n) is 3.01. The number of anilines is 1. The van der Waals surface area contributed by atoms with Crippen molar-refractivity contribution < 1.29 is 17.6 Å². The Morgan fingerprint density at radius 3 is 2.92 bits per heavy atom. The molecule has 1 atom stereocenters. The topological polar surface area (TPSA) is 92.5 Å². The minimum atomic E-state index is -3.04. The predicted molar refractivity (Wildman–Crippen MR) is 94.0 cm³/mol.